The smallest absolute Gasteiger partial charge is 0.149 e. The zero-order valence-corrected chi connectivity index (χ0v) is 12.3. The maximum absolute atomic E-state index is 5.94. The van der Waals surface area contributed by atoms with E-state index in [1.807, 2.05) is 55.5 Å². The predicted octanol–water partition coefficient (Wildman–Crippen LogP) is 3.15. The second-order valence-electron chi connectivity index (χ2n) is 4.65. The molecule has 0 bridgehead atoms. The molecule has 0 saturated carbocycles. The molecule has 0 spiro atoms. The average Bonchev–Trinajstić information content (AvgIpc) is 2.52. The SMILES string of the molecule is COc1ccc(C(C)N)c(OCC#Cc2ccccc2)c1. The van der Waals surface area contributed by atoms with Crippen molar-refractivity contribution in [1.29, 1.82) is 0 Å². The van der Waals surface area contributed by atoms with E-state index in [1.165, 1.54) is 0 Å². The molecule has 0 aliphatic carbocycles. The van der Waals surface area contributed by atoms with E-state index < -0.39 is 0 Å². The van der Waals surface area contributed by atoms with Crippen LogP contribution in [0.5, 0.6) is 11.5 Å². The van der Waals surface area contributed by atoms with Crippen LogP contribution in [0.3, 0.4) is 0 Å². The molecule has 1 unspecified atom stereocenters. The Labute approximate surface area is 125 Å². The molecule has 0 fully saturated rings. The van der Waals surface area contributed by atoms with Crippen molar-refractivity contribution in [2.24, 2.45) is 5.73 Å². The van der Waals surface area contributed by atoms with E-state index in [9.17, 15) is 0 Å². The third-order valence-electron chi connectivity index (χ3n) is 3.02. The minimum atomic E-state index is -0.104. The van der Waals surface area contributed by atoms with Crippen LogP contribution in [0.25, 0.3) is 0 Å². The minimum Gasteiger partial charge on any atom is -0.497 e. The number of hydrogen-bond donors (Lipinski definition) is 1. The Bertz CT molecular complexity index is 639. The molecule has 108 valence electrons. The molecule has 0 heterocycles. The van der Waals surface area contributed by atoms with Gasteiger partial charge in [0.15, 0.2) is 0 Å². The van der Waals surface area contributed by atoms with E-state index in [1.54, 1.807) is 7.11 Å². The first kappa shape index (κ1) is 15.0. The van der Waals surface area contributed by atoms with Crippen molar-refractivity contribution in [3.63, 3.8) is 0 Å². The number of nitrogens with two attached hydrogens (primary N) is 1. The third-order valence-corrected chi connectivity index (χ3v) is 3.02. The lowest BCUT2D eigenvalue weighted by molar-refractivity contribution is 0.357. The van der Waals surface area contributed by atoms with Crippen LogP contribution >= 0.6 is 0 Å². The summed E-state index contributed by atoms with van der Waals surface area (Å²) in [5.41, 5.74) is 7.86. The van der Waals surface area contributed by atoms with Crippen molar-refractivity contribution < 1.29 is 9.47 Å². The molecule has 0 aliphatic heterocycles. The summed E-state index contributed by atoms with van der Waals surface area (Å²) in [7, 11) is 1.62. The molecule has 3 heteroatoms. The molecule has 0 radical (unpaired) electrons. The molecule has 2 rings (SSSR count). The van der Waals surface area contributed by atoms with Crippen LogP contribution in [0.15, 0.2) is 48.5 Å². The Morgan fingerprint density at radius 2 is 1.90 bits per heavy atom. The fraction of sp³-hybridized carbons (Fsp3) is 0.222. The van der Waals surface area contributed by atoms with Crippen LogP contribution in [0, 0.1) is 11.8 Å². The van der Waals surface area contributed by atoms with Gasteiger partial charge in [-0.25, -0.2) is 0 Å². The summed E-state index contributed by atoms with van der Waals surface area (Å²) in [5, 5.41) is 0. The van der Waals surface area contributed by atoms with Gasteiger partial charge in [0.1, 0.15) is 18.1 Å². The van der Waals surface area contributed by atoms with Crippen molar-refractivity contribution in [3.8, 4) is 23.3 Å². The summed E-state index contributed by atoms with van der Waals surface area (Å²) in [6, 6.07) is 15.3. The number of rotatable bonds is 4. The number of ether oxygens (including phenoxy) is 2. The predicted molar refractivity (Wildman–Crippen MR) is 84.4 cm³/mol. The van der Waals surface area contributed by atoms with Crippen LogP contribution in [0.1, 0.15) is 24.1 Å². The highest BCUT2D eigenvalue weighted by atomic mass is 16.5. The monoisotopic (exact) mass is 281 g/mol. The molecule has 3 nitrogen and oxygen atoms in total. The Balaban J connectivity index is 2.07. The van der Waals surface area contributed by atoms with E-state index >= 15 is 0 Å². The summed E-state index contributed by atoms with van der Waals surface area (Å²) in [5.74, 6) is 7.51. The van der Waals surface area contributed by atoms with E-state index in [4.69, 9.17) is 15.2 Å². The van der Waals surface area contributed by atoms with Crippen LogP contribution < -0.4 is 15.2 Å². The number of benzene rings is 2. The van der Waals surface area contributed by atoms with E-state index in [-0.39, 0.29) is 6.04 Å². The Kier molecular flexibility index (Phi) is 5.25. The topological polar surface area (TPSA) is 44.5 Å². The summed E-state index contributed by atoms with van der Waals surface area (Å²) in [4.78, 5) is 0. The summed E-state index contributed by atoms with van der Waals surface area (Å²) in [6.07, 6.45) is 0. The standard InChI is InChI=1S/C18H19NO2/c1-14(19)17-11-10-16(20-2)13-18(17)21-12-6-9-15-7-4-3-5-8-15/h3-5,7-8,10-11,13-14H,12,19H2,1-2H3. The van der Waals surface area contributed by atoms with Gasteiger partial charge in [-0.05, 0) is 25.1 Å². The molecule has 1 atom stereocenters. The highest BCUT2D eigenvalue weighted by Gasteiger charge is 2.09. The average molecular weight is 281 g/mol. The maximum Gasteiger partial charge on any atom is 0.149 e. The summed E-state index contributed by atoms with van der Waals surface area (Å²) < 4.78 is 10.9. The van der Waals surface area contributed by atoms with Gasteiger partial charge < -0.3 is 15.2 Å². The highest BCUT2D eigenvalue weighted by Crippen LogP contribution is 2.28. The van der Waals surface area contributed by atoms with Crippen LogP contribution in [0.4, 0.5) is 0 Å². The Morgan fingerprint density at radius 3 is 2.57 bits per heavy atom. The fourth-order valence-corrected chi connectivity index (χ4v) is 1.92. The van der Waals surface area contributed by atoms with Gasteiger partial charge in [0.2, 0.25) is 0 Å². The van der Waals surface area contributed by atoms with Crippen molar-refractivity contribution in [1.82, 2.24) is 0 Å². The normalized spacial score (nSPS) is 11.2. The van der Waals surface area contributed by atoms with Crippen LogP contribution in [-0.4, -0.2) is 13.7 Å². The van der Waals surface area contributed by atoms with Gasteiger partial charge in [0.05, 0.1) is 7.11 Å². The molecule has 21 heavy (non-hydrogen) atoms. The number of hydrogen-bond acceptors (Lipinski definition) is 3. The van der Waals surface area contributed by atoms with Gasteiger partial charge in [-0.3, -0.25) is 0 Å². The van der Waals surface area contributed by atoms with Gasteiger partial charge in [-0.15, -0.1) is 0 Å². The van der Waals surface area contributed by atoms with Crippen molar-refractivity contribution in [3.05, 3.63) is 59.7 Å². The van der Waals surface area contributed by atoms with Crippen molar-refractivity contribution >= 4 is 0 Å². The summed E-state index contributed by atoms with van der Waals surface area (Å²) in [6.45, 7) is 2.23. The molecule has 2 aromatic rings. The first-order valence-corrected chi connectivity index (χ1v) is 6.81. The van der Waals surface area contributed by atoms with Crippen molar-refractivity contribution in [2.75, 3.05) is 13.7 Å². The van der Waals surface area contributed by atoms with Crippen molar-refractivity contribution in [2.45, 2.75) is 13.0 Å². The molecular formula is C18H19NO2. The second kappa shape index (κ2) is 7.37. The zero-order valence-electron chi connectivity index (χ0n) is 12.3. The highest BCUT2D eigenvalue weighted by molar-refractivity contribution is 5.42. The number of methoxy groups -OCH3 is 1. The second-order valence-corrected chi connectivity index (χ2v) is 4.65. The molecule has 0 aromatic heterocycles. The lowest BCUT2D eigenvalue weighted by Gasteiger charge is -2.13. The fourth-order valence-electron chi connectivity index (χ4n) is 1.92. The van der Waals surface area contributed by atoms with E-state index in [0.29, 0.717) is 12.4 Å². The molecule has 2 aromatic carbocycles. The van der Waals surface area contributed by atoms with E-state index in [2.05, 4.69) is 11.8 Å². The summed E-state index contributed by atoms with van der Waals surface area (Å²) >= 11 is 0. The molecular weight excluding hydrogens is 262 g/mol. The first-order chi connectivity index (χ1) is 10.2. The Hall–Kier alpha value is -2.44. The Morgan fingerprint density at radius 1 is 1.14 bits per heavy atom. The van der Waals surface area contributed by atoms with Gasteiger partial charge in [-0.2, -0.15) is 0 Å². The lowest BCUT2D eigenvalue weighted by atomic mass is 10.1. The minimum absolute atomic E-state index is 0.104. The lowest BCUT2D eigenvalue weighted by Crippen LogP contribution is -2.08. The molecule has 0 saturated heterocycles. The van der Waals surface area contributed by atoms with Gasteiger partial charge >= 0.3 is 0 Å². The van der Waals surface area contributed by atoms with Gasteiger partial charge in [0, 0.05) is 23.2 Å². The largest absolute Gasteiger partial charge is 0.497 e. The van der Waals surface area contributed by atoms with Crippen LogP contribution in [0.2, 0.25) is 0 Å². The third kappa shape index (κ3) is 4.27. The van der Waals surface area contributed by atoms with E-state index in [0.717, 1.165) is 16.9 Å². The molecule has 0 amide bonds. The maximum atomic E-state index is 5.94. The van der Waals surface area contributed by atoms with Crippen LogP contribution in [-0.2, 0) is 0 Å². The van der Waals surface area contributed by atoms with Gasteiger partial charge in [0.25, 0.3) is 0 Å². The first-order valence-electron chi connectivity index (χ1n) is 6.81. The molecule has 0 aliphatic rings. The quantitative estimate of drug-likeness (QED) is 0.876. The van der Waals surface area contributed by atoms with Gasteiger partial charge in [-0.1, -0.05) is 36.1 Å². The zero-order chi connectivity index (χ0) is 15.1. The molecule has 2 N–H and O–H groups in total.